The predicted molar refractivity (Wildman–Crippen MR) is 78.4 cm³/mol. The van der Waals surface area contributed by atoms with Gasteiger partial charge in [-0.1, -0.05) is 0 Å². The van der Waals surface area contributed by atoms with E-state index >= 15 is 0 Å². The number of nitrogens with one attached hydrogen (secondary N) is 1. The van der Waals surface area contributed by atoms with Gasteiger partial charge in [0.2, 0.25) is 5.88 Å². The summed E-state index contributed by atoms with van der Waals surface area (Å²) < 4.78 is 10.5. The minimum atomic E-state index is 0.521. The average Bonchev–Trinajstić information content (AvgIpc) is 2.97. The topological polar surface area (TPSA) is 59.5 Å². The average molecular weight is 280 g/mol. The monoisotopic (exact) mass is 280 g/mol. The zero-order chi connectivity index (χ0) is 14.4. The van der Waals surface area contributed by atoms with E-state index in [0.29, 0.717) is 18.5 Å². The highest BCUT2D eigenvalue weighted by atomic mass is 16.5. The van der Waals surface area contributed by atoms with Crippen molar-refractivity contribution in [3.8, 4) is 5.88 Å². The molecule has 1 aliphatic heterocycles. The Morgan fingerprint density at radius 3 is 2.90 bits per heavy atom. The molecule has 1 unspecified atom stereocenters. The van der Waals surface area contributed by atoms with Gasteiger partial charge in [0.05, 0.1) is 19.3 Å². The number of methoxy groups -OCH3 is 2. The highest BCUT2D eigenvalue weighted by molar-refractivity contribution is 5.50. The summed E-state index contributed by atoms with van der Waals surface area (Å²) >= 11 is 0. The van der Waals surface area contributed by atoms with E-state index in [4.69, 9.17) is 9.47 Å². The fourth-order valence-corrected chi connectivity index (χ4v) is 2.61. The van der Waals surface area contributed by atoms with Crippen LogP contribution in [0.15, 0.2) is 6.33 Å². The van der Waals surface area contributed by atoms with Gasteiger partial charge in [0.25, 0.3) is 0 Å². The molecule has 6 nitrogen and oxygen atoms in total. The van der Waals surface area contributed by atoms with E-state index in [-0.39, 0.29) is 0 Å². The van der Waals surface area contributed by atoms with Crippen LogP contribution in [0, 0.1) is 6.92 Å². The molecule has 0 amide bonds. The van der Waals surface area contributed by atoms with Crippen LogP contribution in [0.3, 0.4) is 0 Å². The molecule has 0 saturated carbocycles. The summed E-state index contributed by atoms with van der Waals surface area (Å²) in [6.45, 7) is 5.53. The third-order valence-electron chi connectivity index (χ3n) is 3.67. The Morgan fingerprint density at radius 1 is 1.40 bits per heavy atom. The van der Waals surface area contributed by atoms with Gasteiger partial charge in [-0.2, -0.15) is 0 Å². The molecule has 0 bridgehead atoms. The molecule has 1 aromatic rings. The molecule has 2 rings (SSSR count). The maximum atomic E-state index is 5.29. The van der Waals surface area contributed by atoms with Gasteiger partial charge in [0.15, 0.2) is 0 Å². The SMILES string of the molecule is COCCN(CC1CCCN1)c1ncnc(OC)c1C. The Kier molecular flexibility index (Phi) is 5.55. The van der Waals surface area contributed by atoms with Gasteiger partial charge < -0.3 is 19.7 Å². The molecule has 1 aliphatic rings. The van der Waals surface area contributed by atoms with Crippen molar-refractivity contribution in [2.45, 2.75) is 25.8 Å². The first kappa shape index (κ1) is 15.0. The van der Waals surface area contributed by atoms with Crippen LogP contribution in [0.25, 0.3) is 0 Å². The summed E-state index contributed by atoms with van der Waals surface area (Å²) in [6, 6.07) is 0.521. The first-order chi connectivity index (χ1) is 9.76. The molecule has 2 heterocycles. The largest absolute Gasteiger partial charge is 0.481 e. The van der Waals surface area contributed by atoms with Gasteiger partial charge in [0.1, 0.15) is 12.1 Å². The summed E-state index contributed by atoms with van der Waals surface area (Å²) in [6.07, 6.45) is 4.02. The molecule has 1 aromatic heterocycles. The van der Waals surface area contributed by atoms with Gasteiger partial charge in [-0.3, -0.25) is 0 Å². The lowest BCUT2D eigenvalue weighted by Crippen LogP contribution is -2.40. The maximum Gasteiger partial charge on any atom is 0.221 e. The summed E-state index contributed by atoms with van der Waals surface area (Å²) in [7, 11) is 3.36. The molecular weight excluding hydrogens is 256 g/mol. The molecule has 112 valence electrons. The number of hydrogen-bond acceptors (Lipinski definition) is 6. The molecule has 20 heavy (non-hydrogen) atoms. The van der Waals surface area contributed by atoms with E-state index in [2.05, 4.69) is 20.2 Å². The molecule has 0 spiro atoms. The lowest BCUT2D eigenvalue weighted by atomic mass is 10.2. The summed E-state index contributed by atoms with van der Waals surface area (Å²) in [5.41, 5.74) is 0.976. The standard InChI is InChI=1S/C14H24N4O2/c1-11-13(16-10-17-14(11)20-3)18(7-8-19-2)9-12-5-4-6-15-12/h10,12,15H,4-9H2,1-3H3. The Labute approximate surface area is 120 Å². The van der Waals surface area contributed by atoms with E-state index in [1.165, 1.54) is 12.8 Å². The normalized spacial score (nSPS) is 18.2. The Morgan fingerprint density at radius 2 is 2.25 bits per heavy atom. The quantitative estimate of drug-likeness (QED) is 0.804. The molecule has 1 atom stereocenters. The molecular formula is C14H24N4O2. The van der Waals surface area contributed by atoms with E-state index in [1.807, 2.05) is 6.92 Å². The van der Waals surface area contributed by atoms with Crippen LogP contribution in [0.4, 0.5) is 5.82 Å². The van der Waals surface area contributed by atoms with Crippen LogP contribution in [0.5, 0.6) is 5.88 Å². The summed E-state index contributed by atoms with van der Waals surface area (Å²) in [4.78, 5) is 10.8. The predicted octanol–water partition coefficient (Wildman–Crippen LogP) is 0.998. The van der Waals surface area contributed by atoms with Crippen molar-refractivity contribution in [1.29, 1.82) is 0 Å². The molecule has 6 heteroatoms. The highest BCUT2D eigenvalue weighted by Gasteiger charge is 2.21. The molecule has 0 aromatic carbocycles. The van der Waals surface area contributed by atoms with Crippen molar-refractivity contribution in [3.63, 3.8) is 0 Å². The number of aromatic nitrogens is 2. The Balaban J connectivity index is 2.16. The summed E-state index contributed by atoms with van der Waals surface area (Å²) in [5, 5.41) is 3.52. The van der Waals surface area contributed by atoms with Crippen molar-refractivity contribution in [1.82, 2.24) is 15.3 Å². The number of hydrogen-bond donors (Lipinski definition) is 1. The van der Waals surface area contributed by atoms with E-state index in [1.54, 1.807) is 20.5 Å². The molecule has 1 saturated heterocycles. The van der Waals surface area contributed by atoms with Crippen molar-refractivity contribution < 1.29 is 9.47 Å². The van der Waals surface area contributed by atoms with Crippen molar-refractivity contribution in [2.24, 2.45) is 0 Å². The maximum absolute atomic E-state index is 5.29. The van der Waals surface area contributed by atoms with Gasteiger partial charge in [-0.05, 0) is 26.3 Å². The third-order valence-corrected chi connectivity index (χ3v) is 3.67. The summed E-state index contributed by atoms with van der Waals surface area (Å²) in [5.74, 6) is 1.57. The van der Waals surface area contributed by atoms with Crippen LogP contribution in [0.1, 0.15) is 18.4 Å². The third kappa shape index (κ3) is 3.58. The van der Waals surface area contributed by atoms with Gasteiger partial charge in [-0.25, -0.2) is 9.97 Å². The van der Waals surface area contributed by atoms with Crippen molar-refractivity contribution in [2.75, 3.05) is 45.4 Å². The minimum absolute atomic E-state index is 0.521. The molecule has 0 radical (unpaired) electrons. The number of rotatable bonds is 7. The Hall–Kier alpha value is -1.40. The van der Waals surface area contributed by atoms with Crippen LogP contribution in [-0.4, -0.2) is 56.5 Å². The van der Waals surface area contributed by atoms with Gasteiger partial charge in [-0.15, -0.1) is 0 Å². The smallest absolute Gasteiger partial charge is 0.221 e. The van der Waals surface area contributed by atoms with Crippen LogP contribution < -0.4 is 15.0 Å². The fraction of sp³-hybridized carbons (Fsp3) is 0.714. The second-order valence-corrected chi connectivity index (χ2v) is 5.06. The van der Waals surface area contributed by atoms with Crippen molar-refractivity contribution >= 4 is 5.82 Å². The second-order valence-electron chi connectivity index (χ2n) is 5.06. The molecule has 1 fully saturated rings. The zero-order valence-electron chi connectivity index (χ0n) is 12.6. The highest BCUT2D eigenvalue weighted by Crippen LogP contribution is 2.24. The van der Waals surface area contributed by atoms with Crippen LogP contribution >= 0.6 is 0 Å². The zero-order valence-corrected chi connectivity index (χ0v) is 12.6. The number of anilines is 1. The number of ether oxygens (including phenoxy) is 2. The number of nitrogens with zero attached hydrogens (tertiary/aromatic N) is 3. The first-order valence-corrected chi connectivity index (χ1v) is 7.09. The first-order valence-electron chi connectivity index (χ1n) is 7.09. The van der Waals surface area contributed by atoms with E-state index in [9.17, 15) is 0 Å². The van der Waals surface area contributed by atoms with Crippen LogP contribution in [0.2, 0.25) is 0 Å². The van der Waals surface area contributed by atoms with Gasteiger partial charge >= 0.3 is 0 Å². The second kappa shape index (κ2) is 7.40. The fourth-order valence-electron chi connectivity index (χ4n) is 2.61. The van der Waals surface area contributed by atoms with Gasteiger partial charge in [0, 0.05) is 26.2 Å². The molecule has 0 aliphatic carbocycles. The van der Waals surface area contributed by atoms with E-state index < -0.39 is 0 Å². The lowest BCUT2D eigenvalue weighted by molar-refractivity contribution is 0.204. The van der Waals surface area contributed by atoms with Crippen LogP contribution in [-0.2, 0) is 4.74 Å². The Bertz CT molecular complexity index is 422. The lowest BCUT2D eigenvalue weighted by Gasteiger charge is -2.28. The van der Waals surface area contributed by atoms with Crippen molar-refractivity contribution in [3.05, 3.63) is 11.9 Å². The minimum Gasteiger partial charge on any atom is -0.481 e. The van der Waals surface area contributed by atoms with E-state index in [0.717, 1.165) is 31.0 Å². The molecule has 1 N–H and O–H groups in total.